The van der Waals surface area contributed by atoms with Crippen molar-refractivity contribution in [3.63, 3.8) is 0 Å². The highest BCUT2D eigenvalue weighted by atomic mass is 16.5. The highest BCUT2D eigenvalue weighted by molar-refractivity contribution is 5.84. The summed E-state index contributed by atoms with van der Waals surface area (Å²) in [6.45, 7) is 4.57. The molecule has 0 saturated heterocycles. The zero-order valence-electron chi connectivity index (χ0n) is 11.1. The van der Waals surface area contributed by atoms with Crippen LogP contribution >= 0.6 is 0 Å². The van der Waals surface area contributed by atoms with Gasteiger partial charge >= 0.3 is 5.97 Å². The number of esters is 1. The molecule has 2 aromatic heterocycles. The van der Waals surface area contributed by atoms with Gasteiger partial charge in [0.05, 0.1) is 18.5 Å². The smallest absolute Gasteiger partial charge is 0.377 e. The second kappa shape index (κ2) is 5.09. The summed E-state index contributed by atoms with van der Waals surface area (Å²) in [6, 6.07) is 0. The van der Waals surface area contributed by atoms with E-state index in [1.807, 2.05) is 13.8 Å². The van der Waals surface area contributed by atoms with Gasteiger partial charge in [-0.1, -0.05) is 6.92 Å². The van der Waals surface area contributed by atoms with Gasteiger partial charge in [-0.2, -0.15) is 9.78 Å². The fourth-order valence-corrected chi connectivity index (χ4v) is 1.74. The van der Waals surface area contributed by atoms with Crippen molar-refractivity contribution in [3.05, 3.63) is 17.8 Å². The topological polar surface area (TPSA) is 101 Å². The van der Waals surface area contributed by atoms with Gasteiger partial charge < -0.3 is 10.5 Å². The molecule has 0 spiro atoms. The number of aromatic nitrogens is 5. The molecule has 0 radical (unpaired) electrons. The Balaban J connectivity index is 2.46. The summed E-state index contributed by atoms with van der Waals surface area (Å²) in [4.78, 5) is 15.2. The summed E-state index contributed by atoms with van der Waals surface area (Å²) in [5, 5.41) is 8.40. The van der Waals surface area contributed by atoms with Crippen LogP contribution in [0.1, 0.15) is 29.7 Å². The number of carbonyl (C=O) groups excluding carboxylic acids is 1. The molecule has 8 nitrogen and oxygen atoms in total. The number of ether oxygens (including phenoxy) is 1. The summed E-state index contributed by atoms with van der Waals surface area (Å²) < 4.78 is 7.76. The second-order valence-corrected chi connectivity index (χ2v) is 4.05. The molecule has 0 aliphatic heterocycles. The number of nitrogens with zero attached hydrogens (tertiary/aromatic N) is 5. The lowest BCUT2D eigenvalue weighted by Gasteiger charge is -2.05. The molecule has 0 aliphatic rings. The third kappa shape index (κ3) is 2.28. The van der Waals surface area contributed by atoms with Crippen molar-refractivity contribution >= 4 is 11.7 Å². The molecule has 0 bridgehead atoms. The van der Waals surface area contributed by atoms with Crippen LogP contribution < -0.4 is 5.73 Å². The third-order valence-corrected chi connectivity index (χ3v) is 2.66. The maximum absolute atomic E-state index is 11.3. The molecule has 0 saturated carbocycles. The molecule has 0 aromatic carbocycles. The maximum Gasteiger partial charge on any atom is 0.377 e. The molecular weight excluding hydrogens is 248 g/mol. The minimum atomic E-state index is -0.587. The van der Waals surface area contributed by atoms with Gasteiger partial charge in [0, 0.05) is 6.54 Å². The Labute approximate surface area is 110 Å². The highest BCUT2D eigenvalue weighted by Gasteiger charge is 2.18. The maximum atomic E-state index is 11.3. The molecule has 19 heavy (non-hydrogen) atoms. The quantitative estimate of drug-likeness (QED) is 0.809. The van der Waals surface area contributed by atoms with Gasteiger partial charge in [-0.05, 0) is 13.3 Å². The predicted octanol–water partition coefficient (Wildman–Crippen LogP) is 0.551. The van der Waals surface area contributed by atoms with Crippen molar-refractivity contribution in [2.75, 3.05) is 12.8 Å². The second-order valence-electron chi connectivity index (χ2n) is 4.05. The molecule has 0 unspecified atom stereocenters. The van der Waals surface area contributed by atoms with E-state index in [4.69, 9.17) is 5.73 Å². The molecule has 0 fully saturated rings. The van der Waals surface area contributed by atoms with Crippen molar-refractivity contribution in [2.45, 2.75) is 26.8 Å². The zero-order valence-corrected chi connectivity index (χ0v) is 11.1. The Morgan fingerprint density at radius 3 is 2.84 bits per heavy atom. The monoisotopic (exact) mass is 264 g/mol. The number of hydrogen-bond acceptors (Lipinski definition) is 6. The molecule has 102 valence electrons. The first kappa shape index (κ1) is 13.1. The Hall–Kier alpha value is -2.38. The number of anilines is 1. The van der Waals surface area contributed by atoms with Crippen LogP contribution in [0.4, 0.5) is 5.69 Å². The van der Waals surface area contributed by atoms with E-state index in [0.717, 1.165) is 12.1 Å². The number of nitrogen functional groups attached to an aromatic ring is 1. The Morgan fingerprint density at radius 1 is 1.47 bits per heavy atom. The van der Waals surface area contributed by atoms with Gasteiger partial charge in [0.15, 0.2) is 5.82 Å². The van der Waals surface area contributed by atoms with Crippen LogP contribution in [0.25, 0.3) is 5.82 Å². The Bertz CT molecular complexity index is 600. The van der Waals surface area contributed by atoms with E-state index in [1.54, 1.807) is 4.68 Å². The zero-order chi connectivity index (χ0) is 14.0. The van der Waals surface area contributed by atoms with Gasteiger partial charge in [0.25, 0.3) is 5.82 Å². The molecule has 8 heteroatoms. The van der Waals surface area contributed by atoms with Crippen LogP contribution in [-0.2, 0) is 11.3 Å². The van der Waals surface area contributed by atoms with Crippen LogP contribution in [0.15, 0.2) is 6.33 Å². The minimum Gasteiger partial charge on any atom is -0.463 e. The van der Waals surface area contributed by atoms with Gasteiger partial charge in [-0.25, -0.2) is 14.5 Å². The van der Waals surface area contributed by atoms with Gasteiger partial charge in [-0.15, -0.1) is 5.10 Å². The number of nitrogens with two attached hydrogens (primary N) is 1. The first-order valence-electron chi connectivity index (χ1n) is 5.91. The van der Waals surface area contributed by atoms with E-state index in [-0.39, 0.29) is 5.82 Å². The van der Waals surface area contributed by atoms with Crippen molar-refractivity contribution in [2.24, 2.45) is 0 Å². The van der Waals surface area contributed by atoms with E-state index < -0.39 is 5.97 Å². The summed E-state index contributed by atoms with van der Waals surface area (Å²) in [5.74, 6) is 0.0152. The van der Waals surface area contributed by atoms with Crippen LogP contribution in [0, 0.1) is 6.92 Å². The Kier molecular flexibility index (Phi) is 3.50. The van der Waals surface area contributed by atoms with Crippen LogP contribution in [0.3, 0.4) is 0 Å². The number of hydrogen-bond donors (Lipinski definition) is 1. The predicted molar refractivity (Wildman–Crippen MR) is 67.9 cm³/mol. The molecule has 2 aromatic rings. The summed E-state index contributed by atoms with van der Waals surface area (Å²) >= 11 is 0. The lowest BCUT2D eigenvalue weighted by atomic mass is 10.4. The number of rotatable bonds is 4. The van der Waals surface area contributed by atoms with E-state index in [9.17, 15) is 4.79 Å². The average Bonchev–Trinajstić information content (AvgIpc) is 2.96. The molecule has 0 amide bonds. The molecule has 2 N–H and O–H groups in total. The van der Waals surface area contributed by atoms with Crippen LogP contribution in [-0.4, -0.2) is 37.6 Å². The normalized spacial score (nSPS) is 10.7. The summed E-state index contributed by atoms with van der Waals surface area (Å²) in [5.41, 5.74) is 7.24. The van der Waals surface area contributed by atoms with Crippen molar-refractivity contribution < 1.29 is 9.53 Å². The van der Waals surface area contributed by atoms with Crippen LogP contribution in [0.2, 0.25) is 0 Å². The Morgan fingerprint density at radius 2 is 2.21 bits per heavy atom. The first-order chi connectivity index (χ1) is 9.08. The van der Waals surface area contributed by atoms with Crippen molar-refractivity contribution in [1.82, 2.24) is 24.5 Å². The van der Waals surface area contributed by atoms with Gasteiger partial charge in [0.1, 0.15) is 6.33 Å². The molecule has 0 atom stereocenters. The lowest BCUT2D eigenvalue weighted by molar-refractivity contribution is 0.0587. The molecular formula is C11H16N6O2. The highest BCUT2D eigenvalue weighted by Crippen LogP contribution is 2.20. The van der Waals surface area contributed by atoms with Gasteiger partial charge in [0.2, 0.25) is 0 Å². The lowest BCUT2D eigenvalue weighted by Crippen LogP contribution is -2.11. The summed E-state index contributed by atoms with van der Waals surface area (Å²) in [7, 11) is 1.28. The van der Waals surface area contributed by atoms with Crippen molar-refractivity contribution in [1.29, 1.82) is 0 Å². The molecule has 2 heterocycles. The summed E-state index contributed by atoms with van der Waals surface area (Å²) in [6.07, 6.45) is 2.33. The van der Waals surface area contributed by atoms with E-state index in [0.29, 0.717) is 18.1 Å². The number of aryl methyl sites for hydroxylation is 2. The third-order valence-electron chi connectivity index (χ3n) is 2.66. The molecule has 2 rings (SSSR count). The van der Waals surface area contributed by atoms with E-state index in [1.165, 1.54) is 18.1 Å². The standard InChI is InChI=1S/C11H16N6O2/c1-4-5-16-10(8(12)7(2)14-16)17-6-13-9(15-17)11(18)19-3/h6H,4-5,12H2,1-3H3. The molecule has 0 aliphatic carbocycles. The van der Waals surface area contributed by atoms with Gasteiger partial charge in [-0.3, -0.25) is 0 Å². The van der Waals surface area contributed by atoms with E-state index >= 15 is 0 Å². The average molecular weight is 264 g/mol. The van der Waals surface area contributed by atoms with Crippen LogP contribution in [0.5, 0.6) is 0 Å². The minimum absolute atomic E-state index is 0.0104. The fourth-order valence-electron chi connectivity index (χ4n) is 1.74. The first-order valence-corrected chi connectivity index (χ1v) is 5.91. The number of methoxy groups -OCH3 is 1. The number of carbonyl (C=O) groups is 1. The van der Waals surface area contributed by atoms with E-state index in [2.05, 4.69) is 19.9 Å². The SMILES string of the molecule is CCCn1nc(C)c(N)c1-n1cnc(C(=O)OC)n1. The largest absolute Gasteiger partial charge is 0.463 e. The van der Waals surface area contributed by atoms with Crippen molar-refractivity contribution in [3.8, 4) is 5.82 Å². The fraction of sp³-hybridized carbons (Fsp3) is 0.455.